The van der Waals surface area contributed by atoms with E-state index in [1.165, 1.54) is 11.1 Å². The van der Waals surface area contributed by atoms with E-state index < -0.39 is 0 Å². The monoisotopic (exact) mass is 274 g/mol. The molecule has 1 heterocycles. The van der Waals surface area contributed by atoms with E-state index in [9.17, 15) is 0 Å². The summed E-state index contributed by atoms with van der Waals surface area (Å²) in [4.78, 5) is 4.23. The summed E-state index contributed by atoms with van der Waals surface area (Å²) in [5, 5.41) is 4.20. The number of aryl methyl sites for hydroxylation is 1. The second-order valence-electron chi connectivity index (χ2n) is 5.03. The van der Waals surface area contributed by atoms with Crippen molar-refractivity contribution in [2.75, 3.05) is 0 Å². The Balaban J connectivity index is 2.30. The summed E-state index contributed by atoms with van der Waals surface area (Å²) >= 11 is 6.25. The van der Waals surface area contributed by atoms with Crippen LogP contribution >= 0.6 is 11.6 Å². The third-order valence-corrected chi connectivity index (χ3v) is 3.35. The van der Waals surface area contributed by atoms with Crippen molar-refractivity contribution < 1.29 is 0 Å². The van der Waals surface area contributed by atoms with Gasteiger partial charge in [-0.1, -0.05) is 31.5 Å². The summed E-state index contributed by atoms with van der Waals surface area (Å²) in [6.07, 6.45) is 1.84. The van der Waals surface area contributed by atoms with E-state index in [4.69, 9.17) is 11.6 Å². The molecule has 0 aliphatic rings. The first-order valence-electron chi connectivity index (χ1n) is 6.51. The number of nitrogens with zero attached hydrogens (tertiary/aromatic N) is 1. The van der Waals surface area contributed by atoms with Crippen LogP contribution in [0.2, 0.25) is 5.02 Å². The molecule has 0 aliphatic carbocycles. The molecule has 0 atom stereocenters. The molecule has 2 nitrogen and oxygen atoms in total. The van der Waals surface area contributed by atoms with Gasteiger partial charge in [-0.15, -0.1) is 0 Å². The molecule has 0 amide bonds. The van der Waals surface area contributed by atoms with E-state index in [1.807, 2.05) is 25.3 Å². The van der Waals surface area contributed by atoms with E-state index in [1.54, 1.807) is 0 Å². The molecule has 0 spiro atoms. The molecule has 1 N–H and O–H groups in total. The summed E-state index contributed by atoms with van der Waals surface area (Å²) < 4.78 is 0. The molecular weight excluding hydrogens is 256 g/mol. The average molecular weight is 275 g/mol. The normalized spacial score (nSPS) is 11.0. The van der Waals surface area contributed by atoms with Gasteiger partial charge in [-0.25, -0.2) is 0 Å². The van der Waals surface area contributed by atoms with Crippen LogP contribution in [0.1, 0.15) is 25.1 Å². The van der Waals surface area contributed by atoms with Crippen molar-refractivity contribution in [2.24, 2.45) is 0 Å². The summed E-state index contributed by atoms with van der Waals surface area (Å²) in [5.74, 6) is 0. The predicted octanol–water partition coefficient (Wildman–Crippen LogP) is 4.21. The fraction of sp³-hybridized carbons (Fsp3) is 0.312. The molecule has 0 saturated heterocycles. The first kappa shape index (κ1) is 14.0. The van der Waals surface area contributed by atoms with Crippen LogP contribution in [0, 0.1) is 6.92 Å². The van der Waals surface area contributed by atoms with Crippen molar-refractivity contribution in [2.45, 2.75) is 33.4 Å². The molecule has 100 valence electrons. The van der Waals surface area contributed by atoms with Crippen molar-refractivity contribution in [1.29, 1.82) is 0 Å². The molecule has 3 heteroatoms. The topological polar surface area (TPSA) is 24.9 Å². The van der Waals surface area contributed by atoms with Gasteiger partial charge in [0.25, 0.3) is 0 Å². The van der Waals surface area contributed by atoms with E-state index >= 15 is 0 Å². The Morgan fingerprint density at radius 2 is 1.89 bits per heavy atom. The van der Waals surface area contributed by atoms with E-state index in [0.29, 0.717) is 6.04 Å². The zero-order valence-electron chi connectivity index (χ0n) is 11.6. The molecule has 0 aliphatic heterocycles. The molecular formula is C16H19ClN2. The third kappa shape index (κ3) is 3.79. The Kier molecular flexibility index (Phi) is 4.56. The summed E-state index contributed by atoms with van der Waals surface area (Å²) in [6.45, 7) is 7.04. The number of halogens is 1. The highest BCUT2D eigenvalue weighted by Gasteiger charge is 2.05. The quantitative estimate of drug-likeness (QED) is 0.903. The van der Waals surface area contributed by atoms with E-state index in [2.05, 4.69) is 42.3 Å². The lowest BCUT2D eigenvalue weighted by Gasteiger charge is -2.11. The first-order chi connectivity index (χ1) is 9.06. The molecule has 2 aromatic rings. The van der Waals surface area contributed by atoms with Crippen molar-refractivity contribution in [3.05, 3.63) is 52.8 Å². The van der Waals surface area contributed by atoms with Crippen LogP contribution in [-0.2, 0) is 6.54 Å². The zero-order valence-corrected chi connectivity index (χ0v) is 12.3. The third-order valence-electron chi connectivity index (χ3n) is 2.98. The highest BCUT2D eigenvalue weighted by Crippen LogP contribution is 2.25. The molecule has 1 aromatic carbocycles. The van der Waals surface area contributed by atoms with Gasteiger partial charge in [0.15, 0.2) is 0 Å². The Morgan fingerprint density at radius 1 is 1.16 bits per heavy atom. The summed E-state index contributed by atoms with van der Waals surface area (Å²) in [5.41, 5.74) is 4.50. The van der Waals surface area contributed by atoms with E-state index in [-0.39, 0.29) is 0 Å². The van der Waals surface area contributed by atoms with Crippen LogP contribution in [0.5, 0.6) is 0 Å². The van der Waals surface area contributed by atoms with Crippen LogP contribution in [0.15, 0.2) is 36.5 Å². The maximum atomic E-state index is 6.25. The molecule has 1 aromatic heterocycles. The van der Waals surface area contributed by atoms with Crippen molar-refractivity contribution in [3.63, 3.8) is 0 Å². The van der Waals surface area contributed by atoms with Gasteiger partial charge in [-0.05, 0) is 47.9 Å². The lowest BCUT2D eigenvalue weighted by atomic mass is 10.0. The zero-order chi connectivity index (χ0) is 13.8. The van der Waals surface area contributed by atoms with Crippen LogP contribution < -0.4 is 5.32 Å². The van der Waals surface area contributed by atoms with Crippen LogP contribution in [0.3, 0.4) is 0 Å². The number of benzene rings is 1. The van der Waals surface area contributed by atoms with Crippen molar-refractivity contribution >= 4 is 11.6 Å². The van der Waals surface area contributed by atoms with E-state index in [0.717, 1.165) is 22.8 Å². The van der Waals surface area contributed by atoms with Crippen molar-refractivity contribution in [1.82, 2.24) is 10.3 Å². The molecule has 0 saturated carbocycles. The number of hydrogen-bond donors (Lipinski definition) is 1. The van der Waals surface area contributed by atoms with Gasteiger partial charge in [-0.2, -0.15) is 0 Å². The van der Waals surface area contributed by atoms with Gasteiger partial charge >= 0.3 is 0 Å². The molecule has 0 unspecified atom stereocenters. The van der Waals surface area contributed by atoms with Gasteiger partial charge in [0.2, 0.25) is 0 Å². The minimum absolute atomic E-state index is 0.447. The van der Waals surface area contributed by atoms with Crippen molar-refractivity contribution in [3.8, 4) is 11.1 Å². The molecule has 0 radical (unpaired) electrons. The Morgan fingerprint density at radius 3 is 2.58 bits per heavy atom. The number of pyridine rings is 1. The molecule has 19 heavy (non-hydrogen) atoms. The number of nitrogens with one attached hydrogen (secondary N) is 1. The second-order valence-corrected chi connectivity index (χ2v) is 5.43. The number of aromatic nitrogens is 1. The fourth-order valence-electron chi connectivity index (χ4n) is 1.93. The Bertz CT molecular complexity index is 564. The average Bonchev–Trinajstić information content (AvgIpc) is 2.37. The fourth-order valence-corrected chi connectivity index (χ4v) is 2.11. The summed E-state index contributed by atoms with van der Waals surface area (Å²) in [7, 11) is 0. The molecule has 0 fully saturated rings. The van der Waals surface area contributed by atoms with Gasteiger partial charge in [0.1, 0.15) is 0 Å². The van der Waals surface area contributed by atoms with Crippen LogP contribution in [0.25, 0.3) is 11.1 Å². The van der Waals surface area contributed by atoms with Gasteiger partial charge in [0.05, 0.1) is 0 Å². The minimum atomic E-state index is 0.447. The first-order valence-corrected chi connectivity index (χ1v) is 6.89. The summed E-state index contributed by atoms with van der Waals surface area (Å²) in [6, 6.07) is 10.7. The second kappa shape index (κ2) is 6.18. The maximum Gasteiger partial charge on any atom is 0.0451 e. The SMILES string of the molecule is Cc1cc(-c2ccc(Cl)c(CNC(C)C)c2)ccn1. The largest absolute Gasteiger partial charge is 0.310 e. The molecule has 2 rings (SSSR count). The molecule has 0 bridgehead atoms. The van der Waals surface area contributed by atoms with Crippen LogP contribution in [-0.4, -0.2) is 11.0 Å². The highest BCUT2D eigenvalue weighted by molar-refractivity contribution is 6.31. The Labute approximate surface area is 119 Å². The highest BCUT2D eigenvalue weighted by atomic mass is 35.5. The number of hydrogen-bond acceptors (Lipinski definition) is 2. The number of rotatable bonds is 4. The smallest absolute Gasteiger partial charge is 0.0451 e. The van der Waals surface area contributed by atoms with Crippen LogP contribution in [0.4, 0.5) is 0 Å². The van der Waals surface area contributed by atoms with Gasteiger partial charge in [-0.3, -0.25) is 4.98 Å². The Hall–Kier alpha value is -1.38. The standard InChI is InChI=1S/C16H19ClN2/c1-11(2)19-10-15-9-13(4-5-16(15)17)14-6-7-18-12(3)8-14/h4-9,11,19H,10H2,1-3H3. The van der Waals surface area contributed by atoms with Gasteiger partial charge in [0, 0.05) is 29.5 Å². The van der Waals surface area contributed by atoms with Gasteiger partial charge < -0.3 is 5.32 Å². The lowest BCUT2D eigenvalue weighted by molar-refractivity contribution is 0.589. The lowest BCUT2D eigenvalue weighted by Crippen LogP contribution is -2.21. The predicted molar refractivity (Wildman–Crippen MR) is 81.4 cm³/mol. The maximum absolute atomic E-state index is 6.25. The minimum Gasteiger partial charge on any atom is -0.310 e.